The zero-order chi connectivity index (χ0) is 25.9. The summed E-state index contributed by atoms with van der Waals surface area (Å²) in [5, 5.41) is 18.1. The number of urea groups is 1. The normalized spacial score (nSPS) is 10.6. The molecule has 190 valence electrons. The van der Waals surface area contributed by atoms with E-state index in [-0.39, 0.29) is 17.5 Å². The molecule has 8 N–H and O–H groups in total. The Morgan fingerprint density at radius 3 is 2.64 bits per heavy atom. The molecule has 2 aromatic carbocycles. The third-order valence-corrected chi connectivity index (χ3v) is 5.50. The maximum absolute atomic E-state index is 14.6. The van der Waals surface area contributed by atoms with Crippen molar-refractivity contribution in [1.82, 2.24) is 25.9 Å². The molecule has 1 heterocycles. The summed E-state index contributed by atoms with van der Waals surface area (Å²) in [5.41, 5.74) is 7.95. The van der Waals surface area contributed by atoms with E-state index in [1.807, 2.05) is 31.2 Å². The molecule has 0 atom stereocenters. The first kappa shape index (κ1) is 26.4. The summed E-state index contributed by atoms with van der Waals surface area (Å²) in [5.74, 6) is -0.531. The maximum atomic E-state index is 14.6. The summed E-state index contributed by atoms with van der Waals surface area (Å²) < 4.78 is 14.6. The van der Waals surface area contributed by atoms with Crippen molar-refractivity contribution in [2.45, 2.75) is 26.3 Å². The molecular weight excluding hydrogens is 463 g/mol. The summed E-state index contributed by atoms with van der Waals surface area (Å²) in [4.78, 5) is 31.3. The van der Waals surface area contributed by atoms with E-state index in [0.29, 0.717) is 43.7 Å². The van der Waals surface area contributed by atoms with Crippen molar-refractivity contribution >= 4 is 17.9 Å². The van der Waals surface area contributed by atoms with E-state index in [9.17, 15) is 14.0 Å². The van der Waals surface area contributed by atoms with Crippen LogP contribution in [0.2, 0.25) is 0 Å². The first-order valence-corrected chi connectivity index (χ1v) is 11.6. The highest BCUT2D eigenvalue weighted by Gasteiger charge is 2.11. The number of guanidine groups is 1. The number of hydrogen-bond acceptors (Lipinski definition) is 5. The Morgan fingerprint density at radius 2 is 1.92 bits per heavy atom. The number of H-pyrrole nitrogens is 1. The van der Waals surface area contributed by atoms with Crippen molar-refractivity contribution in [2.24, 2.45) is 5.73 Å². The number of carbonyl (C=O) groups excluding carboxylic acids is 1. The first-order valence-electron chi connectivity index (χ1n) is 11.6. The van der Waals surface area contributed by atoms with Gasteiger partial charge in [0.2, 0.25) is 5.95 Å². The van der Waals surface area contributed by atoms with E-state index in [4.69, 9.17) is 11.1 Å². The van der Waals surface area contributed by atoms with Crippen LogP contribution in [0.3, 0.4) is 0 Å². The van der Waals surface area contributed by atoms with Crippen molar-refractivity contribution in [3.8, 4) is 11.1 Å². The van der Waals surface area contributed by atoms with Crippen molar-refractivity contribution < 1.29 is 9.18 Å². The van der Waals surface area contributed by atoms with Gasteiger partial charge in [0.1, 0.15) is 5.82 Å². The predicted molar refractivity (Wildman–Crippen MR) is 138 cm³/mol. The maximum Gasteiger partial charge on any atom is 0.321 e. The molecular formula is C25H31FN8O2. The van der Waals surface area contributed by atoms with Gasteiger partial charge in [0.15, 0.2) is 5.96 Å². The number of amides is 2. The van der Waals surface area contributed by atoms with Crippen LogP contribution in [0.5, 0.6) is 0 Å². The minimum Gasteiger partial charge on any atom is -0.370 e. The van der Waals surface area contributed by atoms with Gasteiger partial charge in [0.05, 0.1) is 5.56 Å². The Morgan fingerprint density at radius 1 is 1.11 bits per heavy atom. The van der Waals surface area contributed by atoms with E-state index in [0.717, 1.165) is 17.5 Å². The molecule has 11 heteroatoms. The summed E-state index contributed by atoms with van der Waals surface area (Å²) >= 11 is 0. The average molecular weight is 495 g/mol. The molecule has 0 aliphatic carbocycles. The van der Waals surface area contributed by atoms with Crippen molar-refractivity contribution in [3.05, 3.63) is 81.5 Å². The van der Waals surface area contributed by atoms with Crippen LogP contribution in [0, 0.1) is 18.2 Å². The SMILES string of the molecule is Cc1ccccc1CCNC(=O)Nc1nc(=O)c(-c2ccc(CNCCCNC(=N)N)c(F)c2)c[nH]1. The fourth-order valence-electron chi connectivity index (χ4n) is 3.54. The molecule has 3 aromatic rings. The van der Waals surface area contributed by atoms with Crippen LogP contribution in [0.1, 0.15) is 23.1 Å². The number of nitrogens with zero attached hydrogens (tertiary/aromatic N) is 1. The van der Waals surface area contributed by atoms with Crippen LogP contribution in [0.4, 0.5) is 15.1 Å². The fourth-order valence-corrected chi connectivity index (χ4v) is 3.54. The van der Waals surface area contributed by atoms with E-state index < -0.39 is 17.4 Å². The molecule has 10 nitrogen and oxygen atoms in total. The number of aromatic nitrogens is 2. The smallest absolute Gasteiger partial charge is 0.321 e. The van der Waals surface area contributed by atoms with E-state index >= 15 is 0 Å². The Kier molecular flexibility index (Phi) is 9.52. The number of hydrogen-bond donors (Lipinski definition) is 7. The molecule has 36 heavy (non-hydrogen) atoms. The summed E-state index contributed by atoms with van der Waals surface area (Å²) in [6.07, 6.45) is 2.80. The predicted octanol–water partition coefficient (Wildman–Crippen LogP) is 2.21. The van der Waals surface area contributed by atoms with Crippen LogP contribution >= 0.6 is 0 Å². The van der Waals surface area contributed by atoms with Gasteiger partial charge in [0.25, 0.3) is 5.56 Å². The number of aryl methyl sites for hydroxylation is 1. The van der Waals surface area contributed by atoms with Gasteiger partial charge in [-0.05, 0) is 49.1 Å². The molecule has 0 unspecified atom stereocenters. The number of halogens is 1. The molecule has 0 radical (unpaired) electrons. The Balaban J connectivity index is 1.51. The van der Waals surface area contributed by atoms with E-state index in [1.54, 1.807) is 12.1 Å². The number of anilines is 1. The largest absolute Gasteiger partial charge is 0.370 e. The molecule has 0 aliphatic heterocycles. The van der Waals surface area contributed by atoms with E-state index in [2.05, 4.69) is 31.2 Å². The topological polar surface area (TPSA) is 161 Å². The van der Waals surface area contributed by atoms with Crippen LogP contribution in [-0.4, -0.2) is 41.6 Å². The van der Waals surface area contributed by atoms with E-state index in [1.165, 1.54) is 12.3 Å². The van der Waals surface area contributed by atoms with Crippen LogP contribution < -0.4 is 32.6 Å². The molecule has 0 fully saturated rings. The van der Waals surface area contributed by atoms with Crippen LogP contribution in [-0.2, 0) is 13.0 Å². The van der Waals surface area contributed by atoms with Gasteiger partial charge in [0, 0.05) is 31.4 Å². The third kappa shape index (κ3) is 7.91. The van der Waals surface area contributed by atoms with Crippen molar-refractivity contribution in [3.63, 3.8) is 0 Å². The minimum absolute atomic E-state index is 0.00213. The lowest BCUT2D eigenvalue weighted by Crippen LogP contribution is -2.32. The van der Waals surface area contributed by atoms with Gasteiger partial charge in [-0.3, -0.25) is 15.5 Å². The van der Waals surface area contributed by atoms with Crippen LogP contribution in [0.25, 0.3) is 11.1 Å². The lowest BCUT2D eigenvalue weighted by Gasteiger charge is -2.10. The molecule has 0 saturated carbocycles. The lowest BCUT2D eigenvalue weighted by molar-refractivity contribution is 0.252. The zero-order valence-corrected chi connectivity index (χ0v) is 20.1. The number of aromatic amines is 1. The highest BCUT2D eigenvalue weighted by Crippen LogP contribution is 2.19. The molecule has 1 aromatic heterocycles. The molecule has 3 rings (SSSR count). The van der Waals surface area contributed by atoms with Gasteiger partial charge in [-0.25, -0.2) is 9.18 Å². The second-order valence-electron chi connectivity index (χ2n) is 8.20. The number of rotatable bonds is 11. The number of benzene rings is 2. The van der Waals surface area contributed by atoms with Gasteiger partial charge < -0.3 is 26.7 Å². The number of nitrogens with one attached hydrogen (secondary N) is 6. The average Bonchev–Trinajstić information content (AvgIpc) is 2.83. The Bertz CT molecular complexity index is 1260. The highest BCUT2D eigenvalue weighted by atomic mass is 19.1. The highest BCUT2D eigenvalue weighted by molar-refractivity contribution is 5.87. The molecule has 0 saturated heterocycles. The van der Waals surface area contributed by atoms with Gasteiger partial charge in [-0.2, -0.15) is 4.98 Å². The van der Waals surface area contributed by atoms with Gasteiger partial charge >= 0.3 is 6.03 Å². The second-order valence-corrected chi connectivity index (χ2v) is 8.20. The van der Waals surface area contributed by atoms with Crippen molar-refractivity contribution in [1.29, 1.82) is 5.41 Å². The monoisotopic (exact) mass is 494 g/mol. The van der Waals surface area contributed by atoms with Crippen molar-refractivity contribution in [2.75, 3.05) is 25.0 Å². The lowest BCUT2D eigenvalue weighted by atomic mass is 10.1. The molecule has 2 amide bonds. The fraction of sp³-hybridized carbons (Fsp3) is 0.280. The van der Waals surface area contributed by atoms with Gasteiger partial charge in [-0.15, -0.1) is 0 Å². The minimum atomic E-state index is -0.591. The molecule has 0 bridgehead atoms. The zero-order valence-electron chi connectivity index (χ0n) is 20.1. The number of carbonyl (C=O) groups is 1. The quantitative estimate of drug-likeness (QED) is 0.123. The Hall–Kier alpha value is -4.25. The first-order chi connectivity index (χ1) is 17.3. The molecule has 0 aliphatic rings. The second kappa shape index (κ2) is 13.0. The molecule has 0 spiro atoms. The van der Waals surface area contributed by atoms with Gasteiger partial charge in [-0.1, -0.05) is 36.4 Å². The Labute approximate surface area is 208 Å². The van der Waals surface area contributed by atoms with Crippen LogP contribution in [0.15, 0.2) is 53.5 Å². The number of nitrogens with two attached hydrogens (primary N) is 1. The third-order valence-electron chi connectivity index (χ3n) is 5.50. The summed E-state index contributed by atoms with van der Waals surface area (Å²) in [7, 11) is 0. The standard InChI is InChI=1S/C25H31FN8O2/c1-16-5-2-3-6-17(16)9-12-31-25(36)34-24-32-15-20(22(35)33-24)18-7-8-19(21(26)13-18)14-29-10-4-11-30-23(27)28/h2-3,5-8,13,15,29H,4,9-12,14H2,1H3,(H4,27,28,30)(H3,31,32,33,34,35,36). The summed E-state index contributed by atoms with van der Waals surface area (Å²) in [6, 6.07) is 12.0. The summed E-state index contributed by atoms with van der Waals surface area (Å²) in [6.45, 7) is 3.94.